The third kappa shape index (κ3) is 5.92. The van der Waals surface area contributed by atoms with Gasteiger partial charge in [-0.05, 0) is 19.1 Å². The van der Waals surface area contributed by atoms with Crippen molar-refractivity contribution in [1.82, 2.24) is 5.32 Å². The van der Waals surface area contributed by atoms with Gasteiger partial charge in [-0.15, -0.1) is 0 Å². The van der Waals surface area contributed by atoms with Gasteiger partial charge in [0.1, 0.15) is 0 Å². The molecule has 1 atom stereocenters. The summed E-state index contributed by atoms with van der Waals surface area (Å²) in [6.45, 7) is 2.20. The van der Waals surface area contributed by atoms with Crippen LogP contribution in [0.5, 0.6) is 0 Å². The van der Waals surface area contributed by atoms with Crippen molar-refractivity contribution in [2.24, 2.45) is 0 Å². The summed E-state index contributed by atoms with van der Waals surface area (Å²) in [5, 5.41) is 15.6. The van der Waals surface area contributed by atoms with E-state index in [1.165, 1.54) is 0 Å². The van der Waals surface area contributed by atoms with Crippen molar-refractivity contribution >= 4 is 23.3 Å². The van der Waals surface area contributed by atoms with E-state index in [1.807, 2.05) is 0 Å². The smallest absolute Gasteiger partial charge is 0.319 e. The molecule has 1 aromatic rings. The summed E-state index contributed by atoms with van der Waals surface area (Å²) < 4.78 is 4.89. The number of methoxy groups -OCH3 is 1. The fraction of sp³-hybridized carbons (Fsp3) is 0.462. The van der Waals surface area contributed by atoms with Crippen LogP contribution in [0.15, 0.2) is 24.3 Å². The number of benzene rings is 1. The van der Waals surface area contributed by atoms with E-state index >= 15 is 0 Å². The molecule has 0 spiro atoms. The Morgan fingerprint density at radius 3 is 2.79 bits per heavy atom. The number of rotatable bonds is 6. The number of urea groups is 1. The van der Waals surface area contributed by atoms with E-state index in [1.54, 1.807) is 38.3 Å². The molecule has 5 nitrogen and oxygen atoms in total. The molecule has 0 heterocycles. The topological polar surface area (TPSA) is 70.6 Å². The maximum atomic E-state index is 11.7. The number of aliphatic hydroxyl groups is 1. The zero-order valence-electron chi connectivity index (χ0n) is 11.1. The summed E-state index contributed by atoms with van der Waals surface area (Å²) in [5.74, 6) is 0. The van der Waals surface area contributed by atoms with Crippen molar-refractivity contribution in [3.05, 3.63) is 29.3 Å². The van der Waals surface area contributed by atoms with Crippen molar-refractivity contribution in [2.45, 2.75) is 18.9 Å². The van der Waals surface area contributed by atoms with Crippen LogP contribution in [0.25, 0.3) is 0 Å². The average molecular weight is 287 g/mol. The van der Waals surface area contributed by atoms with Gasteiger partial charge in [0.2, 0.25) is 0 Å². The first-order chi connectivity index (χ1) is 8.94. The molecule has 0 saturated heterocycles. The number of carbonyl (C=O) groups excluding carboxylic acids is 1. The van der Waals surface area contributed by atoms with Gasteiger partial charge in [0.05, 0.1) is 16.3 Å². The highest BCUT2D eigenvalue weighted by Gasteiger charge is 2.20. The molecule has 1 unspecified atom stereocenters. The van der Waals surface area contributed by atoms with Gasteiger partial charge in [-0.25, -0.2) is 4.79 Å². The van der Waals surface area contributed by atoms with Crippen LogP contribution >= 0.6 is 11.6 Å². The molecule has 106 valence electrons. The van der Waals surface area contributed by atoms with Crippen molar-refractivity contribution < 1.29 is 14.6 Å². The molecule has 1 aromatic carbocycles. The van der Waals surface area contributed by atoms with Gasteiger partial charge in [-0.3, -0.25) is 0 Å². The molecule has 2 amide bonds. The van der Waals surface area contributed by atoms with Crippen LogP contribution in [0.3, 0.4) is 0 Å². The van der Waals surface area contributed by atoms with E-state index in [4.69, 9.17) is 16.3 Å². The lowest BCUT2D eigenvalue weighted by molar-refractivity contribution is 0.0273. The zero-order valence-corrected chi connectivity index (χ0v) is 11.8. The fourth-order valence-corrected chi connectivity index (χ4v) is 1.59. The second kappa shape index (κ2) is 7.33. The molecule has 3 N–H and O–H groups in total. The summed E-state index contributed by atoms with van der Waals surface area (Å²) in [4.78, 5) is 11.7. The fourth-order valence-electron chi connectivity index (χ4n) is 1.41. The van der Waals surface area contributed by atoms with E-state index < -0.39 is 11.6 Å². The largest absolute Gasteiger partial charge is 0.388 e. The summed E-state index contributed by atoms with van der Waals surface area (Å²) in [7, 11) is 1.56. The maximum Gasteiger partial charge on any atom is 0.319 e. The minimum atomic E-state index is -1.01. The lowest BCUT2D eigenvalue weighted by Gasteiger charge is -2.23. The molecule has 0 radical (unpaired) electrons. The van der Waals surface area contributed by atoms with Crippen LogP contribution < -0.4 is 10.6 Å². The van der Waals surface area contributed by atoms with Crippen LogP contribution in [0.4, 0.5) is 10.5 Å². The van der Waals surface area contributed by atoms with Crippen LogP contribution in [0, 0.1) is 0 Å². The van der Waals surface area contributed by atoms with Gasteiger partial charge in [-0.2, -0.15) is 0 Å². The molecule has 0 aliphatic rings. The normalized spacial score (nSPS) is 13.7. The van der Waals surface area contributed by atoms with Gasteiger partial charge in [-0.1, -0.05) is 23.7 Å². The Hall–Kier alpha value is -1.30. The molecule has 6 heteroatoms. The Morgan fingerprint density at radius 2 is 2.16 bits per heavy atom. The molecule has 0 aliphatic carbocycles. The molecule has 0 fully saturated rings. The molecule has 0 bridgehead atoms. The van der Waals surface area contributed by atoms with Gasteiger partial charge in [0.25, 0.3) is 0 Å². The third-order valence-electron chi connectivity index (χ3n) is 2.60. The number of halogens is 1. The first-order valence-electron chi connectivity index (χ1n) is 5.95. The average Bonchev–Trinajstić information content (AvgIpc) is 2.37. The minimum absolute atomic E-state index is 0.132. The third-order valence-corrected chi connectivity index (χ3v) is 2.93. The first-order valence-corrected chi connectivity index (χ1v) is 6.33. The monoisotopic (exact) mass is 286 g/mol. The molecule has 19 heavy (non-hydrogen) atoms. The molecule has 0 saturated carbocycles. The van der Waals surface area contributed by atoms with Crippen molar-refractivity contribution in [1.29, 1.82) is 0 Å². The Kier molecular flexibility index (Phi) is 6.08. The second-order valence-corrected chi connectivity index (χ2v) is 4.93. The van der Waals surface area contributed by atoms with Crippen LogP contribution in [0.2, 0.25) is 5.02 Å². The van der Waals surface area contributed by atoms with E-state index in [-0.39, 0.29) is 6.54 Å². The number of anilines is 1. The van der Waals surface area contributed by atoms with E-state index in [0.29, 0.717) is 23.7 Å². The standard InChI is InChI=1S/C13H19ClN2O3/c1-13(18,7-8-19-2)9-15-12(17)16-11-6-4-3-5-10(11)14/h3-6,18H,7-9H2,1-2H3,(H2,15,16,17). The first kappa shape index (κ1) is 15.8. The molecular formula is C13H19ClN2O3. The Balaban J connectivity index is 2.42. The van der Waals surface area contributed by atoms with Crippen LogP contribution in [-0.2, 0) is 4.74 Å². The molecule has 0 aromatic heterocycles. The van der Waals surface area contributed by atoms with E-state index in [2.05, 4.69) is 10.6 Å². The number of ether oxygens (including phenoxy) is 1. The number of carbonyl (C=O) groups is 1. The van der Waals surface area contributed by atoms with Crippen molar-refractivity contribution in [3.8, 4) is 0 Å². The Morgan fingerprint density at radius 1 is 1.47 bits per heavy atom. The zero-order chi connectivity index (χ0) is 14.3. The van der Waals surface area contributed by atoms with Gasteiger partial charge >= 0.3 is 6.03 Å². The number of para-hydroxylation sites is 1. The van der Waals surface area contributed by atoms with Gasteiger partial charge < -0.3 is 20.5 Å². The lowest BCUT2D eigenvalue weighted by Crippen LogP contribution is -2.43. The Bertz CT molecular complexity index is 424. The minimum Gasteiger partial charge on any atom is -0.388 e. The highest BCUT2D eigenvalue weighted by atomic mass is 35.5. The van der Waals surface area contributed by atoms with E-state index in [9.17, 15) is 9.90 Å². The van der Waals surface area contributed by atoms with Gasteiger partial charge in [0.15, 0.2) is 0 Å². The number of hydrogen-bond acceptors (Lipinski definition) is 3. The quantitative estimate of drug-likeness (QED) is 0.751. The summed E-state index contributed by atoms with van der Waals surface area (Å²) in [6, 6.07) is 6.53. The highest BCUT2D eigenvalue weighted by Crippen LogP contribution is 2.20. The molecule has 1 rings (SSSR count). The molecular weight excluding hydrogens is 268 g/mol. The summed E-state index contributed by atoms with van der Waals surface area (Å²) >= 11 is 5.92. The highest BCUT2D eigenvalue weighted by molar-refractivity contribution is 6.33. The maximum absolute atomic E-state index is 11.7. The predicted molar refractivity (Wildman–Crippen MR) is 75.6 cm³/mol. The molecule has 0 aliphatic heterocycles. The number of nitrogens with one attached hydrogen (secondary N) is 2. The van der Waals surface area contributed by atoms with Crippen molar-refractivity contribution in [2.75, 3.05) is 25.6 Å². The van der Waals surface area contributed by atoms with Crippen molar-refractivity contribution in [3.63, 3.8) is 0 Å². The number of amides is 2. The Labute approximate surface area is 117 Å². The summed E-state index contributed by atoms with van der Waals surface area (Å²) in [6.07, 6.45) is 0.440. The SMILES string of the molecule is COCCC(C)(O)CNC(=O)Nc1ccccc1Cl. The van der Waals surface area contributed by atoms with Crippen LogP contribution in [0.1, 0.15) is 13.3 Å². The number of hydrogen-bond donors (Lipinski definition) is 3. The van der Waals surface area contributed by atoms with Crippen LogP contribution in [-0.4, -0.2) is 37.0 Å². The lowest BCUT2D eigenvalue weighted by atomic mass is 10.0. The van der Waals surface area contributed by atoms with E-state index in [0.717, 1.165) is 0 Å². The second-order valence-electron chi connectivity index (χ2n) is 4.53. The predicted octanol–water partition coefficient (Wildman–Crippen LogP) is 2.25. The van der Waals surface area contributed by atoms with Gasteiger partial charge in [0, 0.05) is 26.7 Å². The summed E-state index contributed by atoms with van der Waals surface area (Å²) in [5.41, 5.74) is -0.480.